The Morgan fingerprint density at radius 2 is 1.00 bits per heavy atom. The van der Waals surface area contributed by atoms with Crippen LogP contribution in [0.25, 0.3) is 33.4 Å². The smallest absolute Gasteiger partial charge is 0.432 e. The number of aryl methyl sites for hydroxylation is 1. The lowest BCUT2D eigenvalue weighted by molar-refractivity contribution is -0.189. The van der Waals surface area contributed by atoms with E-state index in [0.717, 1.165) is 47.5 Å². The molecule has 2 nitrogen and oxygen atoms in total. The molecule has 43 heavy (non-hydrogen) atoms. The first-order valence-corrected chi connectivity index (χ1v) is 12.7. The molecule has 0 bridgehead atoms. The van der Waals surface area contributed by atoms with Crippen molar-refractivity contribution >= 4 is 0 Å². The normalized spacial score (nSPS) is 11.6. The van der Waals surface area contributed by atoms with Crippen LogP contribution in [0.1, 0.15) is 11.1 Å². The van der Waals surface area contributed by atoms with E-state index in [2.05, 4.69) is 9.47 Å². The first-order chi connectivity index (χ1) is 20.4. The van der Waals surface area contributed by atoms with Crippen molar-refractivity contribution in [2.75, 3.05) is 0 Å². The van der Waals surface area contributed by atoms with Crippen molar-refractivity contribution in [3.05, 3.63) is 131 Å². The second kappa shape index (κ2) is 11.8. The molecule has 220 valence electrons. The first-order valence-electron chi connectivity index (χ1n) is 12.7. The van der Waals surface area contributed by atoms with E-state index in [9.17, 15) is 26.3 Å². The third kappa shape index (κ3) is 6.48. The van der Waals surface area contributed by atoms with Gasteiger partial charge in [0.05, 0.1) is 0 Å². The second-order valence-corrected chi connectivity index (χ2v) is 9.54. The predicted octanol–water partition coefficient (Wildman–Crippen LogP) is 10.3. The highest BCUT2D eigenvalue weighted by Gasteiger charge is 2.41. The highest BCUT2D eigenvalue weighted by atomic mass is 19.3. The number of ether oxygens (including phenoxy) is 2. The molecular formula is C33H20F8O2. The monoisotopic (exact) mass is 600 g/mol. The number of halogens is 8. The zero-order chi connectivity index (χ0) is 30.9. The zero-order valence-corrected chi connectivity index (χ0v) is 22.2. The number of alkyl halides is 4. The minimum atomic E-state index is -4.53. The Labute approximate surface area is 240 Å². The molecule has 0 aromatic heterocycles. The third-order valence-electron chi connectivity index (χ3n) is 6.57. The Balaban J connectivity index is 1.39. The first kappa shape index (κ1) is 29.6. The zero-order valence-electron chi connectivity index (χ0n) is 22.2. The van der Waals surface area contributed by atoms with Crippen molar-refractivity contribution in [1.29, 1.82) is 0 Å². The summed E-state index contributed by atoms with van der Waals surface area (Å²) in [4.78, 5) is 0. The van der Waals surface area contributed by atoms with Crippen LogP contribution in [0.5, 0.6) is 11.5 Å². The van der Waals surface area contributed by atoms with E-state index in [1.807, 2.05) is 31.2 Å². The molecule has 5 aromatic rings. The summed E-state index contributed by atoms with van der Waals surface area (Å²) >= 11 is 0. The van der Waals surface area contributed by atoms with Gasteiger partial charge in [-0.2, -0.15) is 17.6 Å². The van der Waals surface area contributed by atoms with E-state index in [0.29, 0.717) is 17.7 Å². The third-order valence-corrected chi connectivity index (χ3v) is 6.57. The van der Waals surface area contributed by atoms with E-state index in [1.165, 1.54) is 18.2 Å². The second-order valence-electron chi connectivity index (χ2n) is 9.54. The lowest BCUT2D eigenvalue weighted by Crippen LogP contribution is -2.25. The predicted molar refractivity (Wildman–Crippen MR) is 145 cm³/mol. The van der Waals surface area contributed by atoms with Gasteiger partial charge in [-0.15, -0.1) is 0 Å². The van der Waals surface area contributed by atoms with E-state index in [-0.39, 0.29) is 28.0 Å². The van der Waals surface area contributed by atoms with Crippen LogP contribution >= 0.6 is 0 Å². The quantitative estimate of drug-likeness (QED) is 0.165. The van der Waals surface area contributed by atoms with Gasteiger partial charge in [-0.25, -0.2) is 17.6 Å². The summed E-state index contributed by atoms with van der Waals surface area (Å²) < 4.78 is 122. The number of hydrogen-bond acceptors (Lipinski definition) is 2. The van der Waals surface area contributed by atoms with Gasteiger partial charge in [0.15, 0.2) is 0 Å². The molecule has 5 rings (SSSR count). The van der Waals surface area contributed by atoms with Gasteiger partial charge in [0.2, 0.25) is 0 Å². The summed E-state index contributed by atoms with van der Waals surface area (Å²) in [6.07, 6.45) is -4.53. The Morgan fingerprint density at radius 3 is 1.56 bits per heavy atom. The Kier molecular flexibility index (Phi) is 8.12. The Hall–Kier alpha value is -4.86. The van der Waals surface area contributed by atoms with Gasteiger partial charge in [-0.3, -0.25) is 0 Å². The average Bonchev–Trinajstić information content (AvgIpc) is 2.93. The number of benzene rings is 5. The summed E-state index contributed by atoms with van der Waals surface area (Å²) in [6.45, 7) is -1.22. The summed E-state index contributed by atoms with van der Waals surface area (Å²) in [7, 11) is 0. The largest absolute Gasteiger partial charge is 0.435 e. The van der Waals surface area contributed by atoms with Crippen molar-refractivity contribution in [3.8, 4) is 44.9 Å². The Bertz CT molecular complexity index is 1740. The molecule has 0 aliphatic heterocycles. The van der Waals surface area contributed by atoms with Crippen molar-refractivity contribution < 1.29 is 44.6 Å². The number of rotatable bonds is 8. The van der Waals surface area contributed by atoms with E-state index < -0.39 is 47.3 Å². The highest BCUT2D eigenvalue weighted by molar-refractivity contribution is 5.74. The molecule has 0 aliphatic rings. The molecule has 0 spiro atoms. The van der Waals surface area contributed by atoms with E-state index in [1.54, 1.807) is 6.07 Å². The van der Waals surface area contributed by atoms with Gasteiger partial charge in [-0.1, -0.05) is 54.1 Å². The van der Waals surface area contributed by atoms with Gasteiger partial charge < -0.3 is 9.47 Å². The van der Waals surface area contributed by atoms with Crippen LogP contribution in [-0.2, 0) is 6.11 Å². The summed E-state index contributed by atoms with van der Waals surface area (Å²) in [5, 5.41) is 0. The SMILES string of the molecule is Cc1ccc(-c2ccc(-c3ccc(-c4cc(F)c(C(F)(F)Oc5ccc(OC(F)F)cc5)c(F)c4)c(F)c3)c(F)c2)cc1. The highest BCUT2D eigenvalue weighted by Crippen LogP contribution is 2.38. The van der Waals surface area contributed by atoms with Crippen molar-refractivity contribution in [2.45, 2.75) is 19.6 Å². The minimum Gasteiger partial charge on any atom is -0.435 e. The standard InChI is InChI=1S/C33H20F8O2/c1-18-2-4-19(5-3-18)20-6-12-25(27(34)14-20)21-7-13-26(28(35)15-21)22-16-29(36)31(30(37)17-22)33(40,41)43-24-10-8-23(9-11-24)42-32(38)39/h2-17,32H,1H3. The van der Waals surface area contributed by atoms with Crippen LogP contribution in [0.15, 0.2) is 97.1 Å². The molecule has 0 heterocycles. The van der Waals surface area contributed by atoms with Gasteiger partial charge in [0.25, 0.3) is 0 Å². The van der Waals surface area contributed by atoms with Crippen LogP contribution in [-0.4, -0.2) is 6.61 Å². The van der Waals surface area contributed by atoms with E-state index in [4.69, 9.17) is 0 Å². The lowest BCUT2D eigenvalue weighted by atomic mass is 9.96. The molecule has 0 radical (unpaired) electrons. The molecule has 0 saturated carbocycles. The summed E-state index contributed by atoms with van der Waals surface area (Å²) in [6, 6.07) is 19.9. The molecule has 10 heteroatoms. The fourth-order valence-corrected chi connectivity index (χ4v) is 4.49. The molecule has 0 aliphatic carbocycles. The van der Waals surface area contributed by atoms with Crippen molar-refractivity contribution in [1.82, 2.24) is 0 Å². The number of hydrogen-bond donors (Lipinski definition) is 0. The average molecular weight is 601 g/mol. The summed E-state index contributed by atoms with van der Waals surface area (Å²) in [5.41, 5.74) is 0.237. The maximum absolute atomic E-state index is 15.1. The molecule has 0 unspecified atom stereocenters. The van der Waals surface area contributed by atoms with E-state index >= 15 is 8.78 Å². The molecule has 0 N–H and O–H groups in total. The molecular weight excluding hydrogens is 580 g/mol. The van der Waals surface area contributed by atoms with Crippen molar-refractivity contribution in [3.63, 3.8) is 0 Å². The molecule has 0 fully saturated rings. The van der Waals surface area contributed by atoms with Gasteiger partial charge in [-0.05, 0) is 77.7 Å². The van der Waals surface area contributed by atoms with Crippen LogP contribution < -0.4 is 9.47 Å². The lowest BCUT2D eigenvalue weighted by Gasteiger charge is -2.20. The van der Waals surface area contributed by atoms with Crippen LogP contribution in [0.2, 0.25) is 0 Å². The van der Waals surface area contributed by atoms with Crippen LogP contribution in [0.3, 0.4) is 0 Å². The fraction of sp³-hybridized carbons (Fsp3) is 0.0909. The van der Waals surface area contributed by atoms with Gasteiger partial charge in [0.1, 0.15) is 40.3 Å². The molecule has 0 amide bonds. The molecule has 5 aromatic carbocycles. The fourth-order valence-electron chi connectivity index (χ4n) is 4.49. The minimum absolute atomic E-state index is 0.0830. The molecule has 0 atom stereocenters. The van der Waals surface area contributed by atoms with Gasteiger partial charge in [0, 0.05) is 11.1 Å². The maximum atomic E-state index is 15.1. The van der Waals surface area contributed by atoms with Crippen molar-refractivity contribution in [2.24, 2.45) is 0 Å². The summed E-state index contributed by atoms with van der Waals surface area (Å²) in [5.74, 6) is -5.97. The van der Waals surface area contributed by atoms with Crippen LogP contribution in [0, 0.1) is 30.2 Å². The molecule has 0 saturated heterocycles. The topological polar surface area (TPSA) is 18.5 Å². The van der Waals surface area contributed by atoms with Gasteiger partial charge >= 0.3 is 12.7 Å². The Morgan fingerprint density at radius 1 is 0.535 bits per heavy atom. The maximum Gasteiger partial charge on any atom is 0.432 e. The van der Waals surface area contributed by atoms with Crippen LogP contribution in [0.4, 0.5) is 35.1 Å².